The van der Waals surface area contributed by atoms with E-state index in [-0.39, 0.29) is 6.47 Å². The Morgan fingerprint density at radius 2 is 1.96 bits per heavy atom. The maximum absolute atomic E-state index is 8.36. The molecule has 4 rings (SSSR count). The van der Waals surface area contributed by atoms with Gasteiger partial charge in [-0.05, 0) is 14.1 Å². The number of nitrogens with zero attached hydrogens (tertiary/aromatic N) is 5. The molecule has 3 heterocycles. The van der Waals surface area contributed by atoms with Gasteiger partial charge in [-0.1, -0.05) is 30.3 Å². The summed E-state index contributed by atoms with van der Waals surface area (Å²) in [6.45, 7) is 4.05. The summed E-state index contributed by atoms with van der Waals surface area (Å²) >= 11 is 1.70. The summed E-state index contributed by atoms with van der Waals surface area (Å²) < 4.78 is 2.27. The quantitative estimate of drug-likeness (QED) is 0.680. The molecule has 0 bridgehead atoms. The number of piperazine rings is 1. The third kappa shape index (κ3) is 4.83. The molecule has 8 heteroatoms. The lowest BCUT2D eigenvalue weighted by molar-refractivity contribution is -0.122. The van der Waals surface area contributed by atoms with Gasteiger partial charge in [0.1, 0.15) is 5.01 Å². The molecule has 1 aliphatic rings. The number of hydrogen-bond acceptors (Lipinski definition) is 6. The van der Waals surface area contributed by atoms with Gasteiger partial charge in [-0.25, -0.2) is 9.97 Å². The van der Waals surface area contributed by atoms with Crippen molar-refractivity contribution in [2.24, 2.45) is 0 Å². The smallest absolute Gasteiger partial charge is 0.290 e. The van der Waals surface area contributed by atoms with E-state index in [1.54, 1.807) is 11.3 Å². The van der Waals surface area contributed by atoms with Crippen LogP contribution in [0.4, 0.5) is 0 Å². The summed E-state index contributed by atoms with van der Waals surface area (Å²) in [6.07, 6.45) is 5.92. The van der Waals surface area contributed by atoms with Gasteiger partial charge in [0.2, 0.25) is 0 Å². The van der Waals surface area contributed by atoms with E-state index in [4.69, 9.17) is 9.90 Å². The first kappa shape index (κ1) is 20.2. The van der Waals surface area contributed by atoms with E-state index < -0.39 is 0 Å². The van der Waals surface area contributed by atoms with Crippen LogP contribution in [0.5, 0.6) is 0 Å². The van der Waals surface area contributed by atoms with E-state index >= 15 is 0 Å². The lowest BCUT2D eigenvalue weighted by Gasteiger charge is -2.38. The molecule has 28 heavy (non-hydrogen) atoms. The van der Waals surface area contributed by atoms with Crippen molar-refractivity contribution in [3.05, 3.63) is 48.9 Å². The van der Waals surface area contributed by atoms with E-state index in [1.807, 2.05) is 30.6 Å². The van der Waals surface area contributed by atoms with Crippen LogP contribution in [0.15, 0.2) is 48.9 Å². The molecule has 1 unspecified atom stereocenters. The Labute approximate surface area is 168 Å². The zero-order valence-corrected chi connectivity index (χ0v) is 16.9. The molecule has 7 nitrogen and oxygen atoms in total. The first-order valence-electron chi connectivity index (χ1n) is 9.11. The average molecular weight is 400 g/mol. The number of imidazole rings is 1. The molecule has 1 N–H and O–H groups in total. The number of carbonyl (C=O) groups is 1. The van der Waals surface area contributed by atoms with Crippen molar-refractivity contribution in [2.75, 3.05) is 33.7 Å². The average Bonchev–Trinajstić information content (AvgIpc) is 3.35. The summed E-state index contributed by atoms with van der Waals surface area (Å²) in [4.78, 5) is 23.5. The van der Waals surface area contributed by atoms with E-state index in [2.05, 4.69) is 56.8 Å². The topological polar surface area (TPSA) is 74.5 Å². The predicted octanol–water partition coefficient (Wildman–Crippen LogP) is 2.62. The minimum Gasteiger partial charge on any atom is -0.483 e. The zero-order valence-electron chi connectivity index (χ0n) is 16.1. The van der Waals surface area contributed by atoms with E-state index in [0.717, 1.165) is 47.5 Å². The minimum absolute atomic E-state index is 0.250. The van der Waals surface area contributed by atoms with Crippen LogP contribution in [-0.4, -0.2) is 75.7 Å². The molecular weight excluding hydrogens is 374 g/mol. The van der Waals surface area contributed by atoms with Crippen molar-refractivity contribution >= 4 is 17.8 Å². The zero-order chi connectivity index (χ0) is 19.9. The molecular formula is C20H25N5O2S. The second-order valence-corrected chi connectivity index (χ2v) is 7.83. The monoisotopic (exact) mass is 399 g/mol. The van der Waals surface area contributed by atoms with Crippen LogP contribution in [0.25, 0.3) is 21.3 Å². The highest BCUT2D eigenvalue weighted by Crippen LogP contribution is 2.31. The number of carboxylic acid groups (broad SMARTS) is 1. The summed E-state index contributed by atoms with van der Waals surface area (Å²) in [5.41, 5.74) is 1.16. The number of hydrogen-bond donors (Lipinski definition) is 1. The highest BCUT2D eigenvalue weighted by atomic mass is 32.1. The van der Waals surface area contributed by atoms with Gasteiger partial charge >= 0.3 is 0 Å². The van der Waals surface area contributed by atoms with Crippen molar-refractivity contribution in [3.8, 4) is 21.3 Å². The fourth-order valence-corrected chi connectivity index (χ4v) is 4.23. The Hall–Kier alpha value is -2.55. The second kappa shape index (κ2) is 9.59. The lowest BCUT2D eigenvalue weighted by Crippen LogP contribution is -2.51. The van der Waals surface area contributed by atoms with Crippen molar-refractivity contribution in [1.29, 1.82) is 0 Å². The van der Waals surface area contributed by atoms with Crippen LogP contribution >= 0.6 is 11.3 Å². The maximum atomic E-state index is 8.36. The summed E-state index contributed by atoms with van der Waals surface area (Å²) in [6, 6.07) is 10.8. The number of rotatable bonds is 4. The lowest BCUT2D eigenvalue weighted by atomic mass is 10.2. The SMILES string of the molecule is CN1CCN(C)C(Cn2ccnc2-c2cnc(-c3ccccc3)s2)C1.O=CO. The Bertz CT molecular complexity index is 880. The molecule has 3 aromatic rings. The van der Waals surface area contributed by atoms with E-state index in [1.165, 1.54) is 0 Å². The van der Waals surface area contributed by atoms with Gasteiger partial charge in [-0.3, -0.25) is 9.69 Å². The Morgan fingerprint density at radius 1 is 1.21 bits per heavy atom. The second-order valence-electron chi connectivity index (χ2n) is 6.80. The van der Waals surface area contributed by atoms with Gasteiger partial charge in [0.25, 0.3) is 6.47 Å². The Balaban J connectivity index is 0.000000706. The first-order chi connectivity index (χ1) is 13.6. The number of aromatic nitrogens is 3. The van der Waals surface area contributed by atoms with E-state index in [9.17, 15) is 0 Å². The molecule has 1 fully saturated rings. The molecule has 1 aliphatic heterocycles. The van der Waals surface area contributed by atoms with Gasteiger partial charge in [0, 0.05) is 56.4 Å². The highest BCUT2D eigenvalue weighted by Gasteiger charge is 2.23. The van der Waals surface area contributed by atoms with Crippen LogP contribution in [0.2, 0.25) is 0 Å². The van der Waals surface area contributed by atoms with Crippen molar-refractivity contribution in [2.45, 2.75) is 12.6 Å². The van der Waals surface area contributed by atoms with Gasteiger partial charge in [0.15, 0.2) is 5.82 Å². The largest absolute Gasteiger partial charge is 0.483 e. The van der Waals surface area contributed by atoms with Crippen molar-refractivity contribution < 1.29 is 9.90 Å². The van der Waals surface area contributed by atoms with Crippen LogP contribution < -0.4 is 0 Å². The normalized spacial score (nSPS) is 17.7. The van der Waals surface area contributed by atoms with Crippen LogP contribution in [0, 0.1) is 0 Å². The summed E-state index contributed by atoms with van der Waals surface area (Å²) in [5.74, 6) is 1.02. The van der Waals surface area contributed by atoms with Crippen LogP contribution in [0.3, 0.4) is 0 Å². The third-order valence-corrected chi connectivity index (χ3v) is 5.89. The fourth-order valence-electron chi connectivity index (χ4n) is 3.30. The maximum Gasteiger partial charge on any atom is 0.290 e. The molecule has 1 saturated heterocycles. The summed E-state index contributed by atoms with van der Waals surface area (Å²) in [7, 11) is 4.42. The first-order valence-corrected chi connectivity index (χ1v) is 9.93. The Kier molecular flexibility index (Phi) is 6.91. The minimum atomic E-state index is -0.250. The van der Waals surface area contributed by atoms with Gasteiger partial charge in [-0.15, -0.1) is 11.3 Å². The number of likely N-dealkylation sites (N-methyl/N-ethyl adjacent to an activating group) is 2. The third-order valence-electron chi connectivity index (χ3n) is 4.85. The molecule has 1 aromatic carbocycles. The standard InChI is InChI=1S/C19H23N5S.CH2O2/c1-22-10-11-23(2)16(13-22)14-24-9-8-20-18(24)17-12-21-19(25-17)15-6-4-3-5-7-15;2-1-3/h3-9,12,16H,10-11,13-14H2,1-2H3;1H,(H,2,3). The molecule has 0 saturated carbocycles. The van der Waals surface area contributed by atoms with Crippen LogP contribution in [-0.2, 0) is 11.3 Å². The molecule has 0 radical (unpaired) electrons. The van der Waals surface area contributed by atoms with Gasteiger partial charge in [0.05, 0.1) is 4.88 Å². The van der Waals surface area contributed by atoms with Gasteiger partial charge in [-0.2, -0.15) is 0 Å². The number of thiazole rings is 1. The van der Waals surface area contributed by atoms with Crippen molar-refractivity contribution in [3.63, 3.8) is 0 Å². The van der Waals surface area contributed by atoms with Crippen LogP contribution in [0.1, 0.15) is 0 Å². The molecule has 0 spiro atoms. The molecule has 1 atom stereocenters. The van der Waals surface area contributed by atoms with Gasteiger partial charge < -0.3 is 14.6 Å². The highest BCUT2D eigenvalue weighted by molar-refractivity contribution is 7.18. The molecule has 148 valence electrons. The molecule has 2 aromatic heterocycles. The number of benzene rings is 1. The summed E-state index contributed by atoms with van der Waals surface area (Å²) in [5, 5.41) is 7.93. The Morgan fingerprint density at radius 3 is 2.71 bits per heavy atom. The van der Waals surface area contributed by atoms with Crippen molar-refractivity contribution in [1.82, 2.24) is 24.3 Å². The molecule has 0 aliphatic carbocycles. The van der Waals surface area contributed by atoms with E-state index in [0.29, 0.717) is 6.04 Å². The predicted molar refractivity (Wildman–Crippen MR) is 111 cm³/mol. The molecule has 0 amide bonds. The fraction of sp³-hybridized carbons (Fsp3) is 0.350.